The molecule has 1 aromatic rings. The summed E-state index contributed by atoms with van der Waals surface area (Å²) in [6, 6.07) is 3.27. The summed E-state index contributed by atoms with van der Waals surface area (Å²) in [6.07, 6.45) is 7.74. The van der Waals surface area contributed by atoms with Crippen LogP contribution in [0.1, 0.15) is 62.0 Å². The molecule has 0 aromatic heterocycles. The number of ether oxygens (including phenoxy) is 1. The number of carbonyl (C=O) groups excluding carboxylic acids is 2. The number of Topliss-reactive ketones (excluding diaryl/α,β-unsaturated/α-hetero) is 2. The smallest absolute Gasteiger partial charge is 0.234 e. The third-order valence-electron chi connectivity index (χ3n) is 4.73. The number of benzene rings is 1. The Labute approximate surface area is 147 Å². The van der Waals surface area contributed by atoms with Gasteiger partial charge in [0.15, 0.2) is 0 Å². The van der Waals surface area contributed by atoms with Crippen LogP contribution in [-0.4, -0.2) is 22.3 Å². The number of aliphatic hydroxyl groups is 1. The van der Waals surface area contributed by atoms with E-state index >= 15 is 0 Å². The third kappa shape index (κ3) is 2.93. The molecular weight excluding hydrogens is 316 g/mol. The molecule has 1 aliphatic heterocycles. The summed E-state index contributed by atoms with van der Waals surface area (Å²) in [7, 11) is 0. The lowest BCUT2D eigenvalue weighted by atomic mass is 9.84. The summed E-state index contributed by atoms with van der Waals surface area (Å²) in [6.45, 7) is 7.61. The van der Waals surface area contributed by atoms with Crippen molar-refractivity contribution in [2.24, 2.45) is 0 Å². The van der Waals surface area contributed by atoms with Crippen LogP contribution in [0.15, 0.2) is 35.4 Å². The van der Waals surface area contributed by atoms with Gasteiger partial charge < -0.3 is 9.84 Å². The van der Waals surface area contributed by atoms with Crippen molar-refractivity contribution in [1.82, 2.24) is 0 Å². The molecule has 0 saturated carbocycles. The van der Waals surface area contributed by atoms with Crippen molar-refractivity contribution in [1.29, 1.82) is 0 Å². The first kappa shape index (κ1) is 17.2. The zero-order valence-electron chi connectivity index (χ0n) is 15.0. The van der Waals surface area contributed by atoms with Crippen molar-refractivity contribution < 1.29 is 19.4 Å². The molecule has 1 atom stereocenters. The lowest BCUT2D eigenvalue weighted by molar-refractivity contribution is -0.111. The van der Waals surface area contributed by atoms with Crippen molar-refractivity contribution in [2.45, 2.75) is 46.1 Å². The van der Waals surface area contributed by atoms with E-state index < -0.39 is 17.2 Å². The van der Waals surface area contributed by atoms with E-state index in [1.54, 1.807) is 12.1 Å². The summed E-state index contributed by atoms with van der Waals surface area (Å²) in [5.41, 5.74) is 2.17. The number of ketones is 2. The van der Waals surface area contributed by atoms with E-state index in [0.717, 1.165) is 12.8 Å². The number of fused-ring (bicyclic) bond motifs is 3. The predicted molar refractivity (Wildman–Crippen MR) is 97.7 cm³/mol. The molecule has 0 amide bonds. The van der Waals surface area contributed by atoms with E-state index in [2.05, 4.69) is 19.9 Å². The van der Waals surface area contributed by atoms with Gasteiger partial charge in [0.25, 0.3) is 0 Å². The molecule has 1 aromatic carbocycles. The Morgan fingerprint density at radius 3 is 2.64 bits per heavy atom. The van der Waals surface area contributed by atoms with Crippen molar-refractivity contribution in [3.8, 4) is 5.75 Å². The minimum absolute atomic E-state index is 0.0798. The molecule has 0 bridgehead atoms. The predicted octanol–water partition coefficient (Wildman–Crippen LogP) is 4.65. The molecule has 1 heterocycles. The van der Waals surface area contributed by atoms with Gasteiger partial charge in [-0.1, -0.05) is 17.7 Å². The molecule has 0 saturated heterocycles. The maximum absolute atomic E-state index is 12.2. The van der Waals surface area contributed by atoms with Crippen molar-refractivity contribution in [3.63, 3.8) is 0 Å². The van der Waals surface area contributed by atoms with Gasteiger partial charge in [-0.15, -0.1) is 0 Å². The fourth-order valence-corrected chi connectivity index (χ4v) is 3.21. The van der Waals surface area contributed by atoms with Crippen LogP contribution in [0.4, 0.5) is 0 Å². The quantitative estimate of drug-likeness (QED) is 0.643. The average molecular weight is 338 g/mol. The number of hydrogen-bond donors (Lipinski definition) is 1. The largest absolute Gasteiger partial charge is 0.507 e. The SMILES string of the molecule is CC(C)=CCC[C@]1(C)C=Cc2c(ccc3c2C(O)=C(C)C(=O)C3=O)O1. The summed E-state index contributed by atoms with van der Waals surface area (Å²) in [5, 5.41) is 10.4. The number of aliphatic hydroxyl groups excluding tert-OH is 1. The molecular formula is C21H22O4. The molecule has 3 rings (SSSR count). The molecule has 0 spiro atoms. The van der Waals surface area contributed by atoms with Gasteiger partial charge in [-0.3, -0.25) is 9.59 Å². The van der Waals surface area contributed by atoms with Gasteiger partial charge in [0.2, 0.25) is 11.6 Å². The highest BCUT2D eigenvalue weighted by Crippen LogP contribution is 2.41. The van der Waals surface area contributed by atoms with Crippen LogP contribution in [0.25, 0.3) is 11.8 Å². The van der Waals surface area contributed by atoms with Crippen molar-refractivity contribution in [3.05, 3.63) is 52.1 Å². The van der Waals surface area contributed by atoms with E-state index in [9.17, 15) is 14.7 Å². The number of rotatable bonds is 3. The Kier molecular flexibility index (Phi) is 4.15. The Morgan fingerprint density at radius 2 is 1.96 bits per heavy atom. The maximum Gasteiger partial charge on any atom is 0.234 e. The second kappa shape index (κ2) is 6.03. The van der Waals surface area contributed by atoms with E-state index in [0.29, 0.717) is 16.9 Å². The lowest BCUT2D eigenvalue weighted by Crippen LogP contribution is -2.32. The molecule has 0 unspecified atom stereocenters. The molecule has 2 aliphatic rings. The van der Waals surface area contributed by atoms with Gasteiger partial charge in [-0.2, -0.15) is 0 Å². The number of carbonyl (C=O) groups is 2. The second-order valence-corrected chi connectivity index (χ2v) is 7.10. The van der Waals surface area contributed by atoms with Crippen molar-refractivity contribution in [2.75, 3.05) is 0 Å². The second-order valence-electron chi connectivity index (χ2n) is 7.10. The van der Waals surface area contributed by atoms with Crippen LogP contribution >= 0.6 is 0 Å². The fraction of sp³-hybridized carbons (Fsp3) is 0.333. The van der Waals surface area contributed by atoms with Crippen molar-refractivity contribution >= 4 is 23.4 Å². The topological polar surface area (TPSA) is 63.6 Å². The Hall–Kier alpha value is -2.62. The zero-order valence-corrected chi connectivity index (χ0v) is 15.0. The van der Waals surface area contributed by atoms with Gasteiger partial charge in [-0.25, -0.2) is 0 Å². The first-order valence-electron chi connectivity index (χ1n) is 8.41. The van der Waals surface area contributed by atoms with Gasteiger partial charge in [-0.05, 0) is 58.7 Å². The molecule has 1 aliphatic carbocycles. The summed E-state index contributed by atoms with van der Waals surface area (Å²) < 4.78 is 6.17. The zero-order chi connectivity index (χ0) is 18.4. The van der Waals surface area contributed by atoms with E-state index in [1.807, 2.05) is 19.1 Å². The van der Waals surface area contributed by atoms with Crippen LogP contribution in [0.3, 0.4) is 0 Å². The average Bonchev–Trinajstić information content (AvgIpc) is 2.56. The van der Waals surface area contributed by atoms with Gasteiger partial charge in [0.1, 0.15) is 17.1 Å². The summed E-state index contributed by atoms with van der Waals surface area (Å²) in [5.74, 6) is -0.768. The Balaban J connectivity index is 2.01. The third-order valence-corrected chi connectivity index (χ3v) is 4.73. The first-order valence-corrected chi connectivity index (χ1v) is 8.41. The highest BCUT2D eigenvalue weighted by Gasteiger charge is 2.35. The highest BCUT2D eigenvalue weighted by atomic mass is 16.5. The first-order chi connectivity index (χ1) is 11.7. The summed E-state index contributed by atoms with van der Waals surface area (Å²) in [4.78, 5) is 24.1. The van der Waals surface area contributed by atoms with Crippen LogP contribution < -0.4 is 4.74 Å². The molecule has 0 radical (unpaired) electrons. The normalized spacial score (nSPS) is 21.6. The Bertz CT molecular complexity index is 866. The van der Waals surface area contributed by atoms with Gasteiger partial charge in [0, 0.05) is 22.3 Å². The lowest BCUT2D eigenvalue weighted by Gasteiger charge is -2.33. The molecule has 4 heteroatoms. The van der Waals surface area contributed by atoms with Crippen LogP contribution in [0.5, 0.6) is 5.75 Å². The molecule has 0 fully saturated rings. The van der Waals surface area contributed by atoms with E-state index in [1.165, 1.54) is 12.5 Å². The number of hydrogen-bond acceptors (Lipinski definition) is 4. The summed E-state index contributed by atoms with van der Waals surface area (Å²) >= 11 is 0. The standard InChI is InChI=1S/C21H22O4/c1-12(2)6-5-10-21(4)11-9-14-16(25-21)8-7-15-17(14)18(22)13(3)19(23)20(15)24/h6-9,11,22H,5,10H2,1-4H3/t21-/m1/s1. The van der Waals surface area contributed by atoms with Crippen LogP contribution in [0.2, 0.25) is 0 Å². The minimum Gasteiger partial charge on any atom is -0.507 e. The fourth-order valence-electron chi connectivity index (χ4n) is 3.21. The van der Waals surface area contributed by atoms with Gasteiger partial charge in [0.05, 0.1) is 0 Å². The molecule has 130 valence electrons. The Morgan fingerprint density at radius 1 is 1.24 bits per heavy atom. The van der Waals surface area contributed by atoms with Gasteiger partial charge >= 0.3 is 0 Å². The molecule has 25 heavy (non-hydrogen) atoms. The molecule has 1 N–H and O–H groups in total. The number of allylic oxidation sites excluding steroid dienone is 3. The maximum atomic E-state index is 12.2. The minimum atomic E-state index is -0.655. The monoisotopic (exact) mass is 338 g/mol. The van der Waals surface area contributed by atoms with E-state index in [-0.39, 0.29) is 16.9 Å². The van der Waals surface area contributed by atoms with Crippen LogP contribution in [0, 0.1) is 0 Å². The van der Waals surface area contributed by atoms with Crippen LogP contribution in [-0.2, 0) is 4.79 Å². The highest BCUT2D eigenvalue weighted by molar-refractivity contribution is 6.52. The van der Waals surface area contributed by atoms with E-state index in [4.69, 9.17) is 4.74 Å². The molecule has 4 nitrogen and oxygen atoms in total.